The summed E-state index contributed by atoms with van der Waals surface area (Å²) in [5.41, 5.74) is 9.20. The first-order chi connectivity index (χ1) is 16.2. The van der Waals surface area contributed by atoms with E-state index in [2.05, 4.69) is 129 Å². The number of hydrogen-bond donors (Lipinski definition) is 0. The van der Waals surface area contributed by atoms with Gasteiger partial charge < -0.3 is 0 Å². The lowest BCUT2D eigenvalue weighted by Gasteiger charge is -2.42. The molecule has 0 radical (unpaired) electrons. The normalized spacial score (nSPS) is 17.0. The molecule has 2 aliphatic carbocycles. The van der Waals surface area contributed by atoms with Crippen LogP contribution >= 0.6 is 0 Å². The van der Waals surface area contributed by atoms with E-state index in [4.69, 9.17) is 0 Å². The van der Waals surface area contributed by atoms with Gasteiger partial charge in [0.1, 0.15) is 0 Å². The molecule has 0 amide bonds. The third kappa shape index (κ3) is 2.96. The minimum absolute atomic E-state index is 0.370. The third-order valence-corrected chi connectivity index (χ3v) is 13.2. The summed E-state index contributed by atoms with van der Waals surface area (Å²) in [6.07, 6.45) is 3.49. The molecule has 4 aromatic rings. The van der Waals surface area contributed by atoms with Gasteiger partial charge in [0.05, 0.1) is 0 Å². The summed E-state index contributed by atoms with van der Waals surface area (Å²) in [5, 5.41) is 4.61. The number of allylic oxidation sites excluding steroid dienone is 2. The fraction of sp³-hybridized carbons (Fsp3) is 0.125. The molecular formula is C32H28Si. The van der Waals surface area contributed by atoms with Crippen molar-refractivity contribution in [1.82, 2.24) is 0 Å². The van der Waals surface area contributed by atoms with Gasteiger partial charge in [0.25, 0.3) is 0 Å². The van der Waals surface area contributed by atoms with E-state index in [0.29, 0.717) is 5.54 Å². The molecule has 0 nitrogen and oxygen atoms in total. The zero-order chi connectivity index (χ0) is 22.4. The Morgan fingerprint density at radius 3 is 1.91 bits per heavy atom. The van der Waals surface area contributed by atoms with Crippen LogP contribution in [0.2, 0.25) is 0 Å². The molecule has 0 N–H and O–H groups in total. The van der Waals surface area contributed by atoms with Crippen LogP contribution in [0.3, 0.4) is 0 Å². The lowest BCUT2D eigenvalue weighted by molar-refractivity contribution is 1.10. The molecule has 1 atom stereocenters. The van der Waals surface area contributed by atoms with E-state index in [-0.39, 0.29) is 0 Å². The van der Waals surface area contributed by atoms with Crippen molar-refractivity contribution in [1.29, 1.82) is 0 Å². The second-order valence-corrected chi connectivity index (χ2v) is 13.3. The second-order valence-electron chi connectivity index (χ2n) is 9.48. The molecule has 0 saturated heterocycles. The molecule has 160 valence electrons. The van der Waals surface area contributed by atoms with Crippen LogP contribution in [-0.4, -0.2) is 8.07 Å². The zero-order valence-electron chi connectivity index (χ0n) is 19.3. The summed E-state index contributed by atoms with van der Waals surface area (Å²) in [7, 11) is -2.50. The number of hydrogen-bond acceptors (Lipinski definition) is 0. The fourth-order valence-electron chi connectivity index (χ4n) is 6.46. The molecule has 1 heteroatoms. The Morgan fingerprint density at radius 2 is 1.21 bits per heavy atom. The molecule has 0 fully saturated rings. The summed E-state index contributed by atoms with van der Waals surface area (Å²) in [6.45, 7) is 4.73. The number of fused-ring (bicyclic) bond motifs is 2. The Morgan fingerprint density at radius 1 is 0.636 bits per heavy atom. The van der Waals surface area contributed by atoms with Crippen LogP contribution in [0.15, 0.2) is 120 Å². The fourth-order valence-corrected chi connectivity index (χ4v) is 12.7. The van der Waals surface area contributed by atoms with E-state index < -0.39 is 8.07 Å². The van der Waals surface area contributed by atoms with Crippen molar-refractivity contribution < 1.29 is 0 Å². The topological polar surface area (TPSA) is 0 Å². The summed E-state index contributed by atoms with van der Waals surface area (Å²) < 4.78 is 0. The largest absolute Gasteiger partial charge is 0.160 e. The molecule has 4 aromatic carbocycles. The smallest absolute Gasteiger partial charge is 0.0682 e. The van der Waals surface area contributed by atoms with Crippen molar-refractivity contribution in [3.05, 3.63) is 143 Å². The Bertz CT molecular complexity index is 1350. The van der Waals surface area contributed by atoms with Crippen molar-refractivity contribution >= 4 is 29.7 Å². The van der Waals surface area contributed by atoms with Gasteiger partial charge in [-0.1, -0.05) is 126 Å². The Kier molecular flexibility index (Phi) is 4.81. The van der Waals surface area contributed by atoms with Crippen molar-refractivity contribution in [2.75, 3.05) is 0 Å². The van der Waals surface area contributed by atoms with Crippen LogP contribution in [0.4, 0.5) is 0 Å². The highest BCUT2D eigenvalue weighted by atomic mass is 28.3. The molecule has 6 rings (SSSR count). The van der Waals surface area contributed by atoms with Crippen LogP contribution in [0, 0.1) is 0 Å². The molecule has 0 heterocycles. The zero-order valence-corrected chi connectivity index (χ0v) is 20.3. The summed E-state index contributed by atoms with van der Waals surface area (Å²) in [6, 6.07) is 41.0. The van der Waals surface area contributed by atoms with Gasteiger partial charge >= 0.3 is 0 Å². The molecule has 0 saturated carbocycles. The molecule has 0 aromatic heterocycles. The van der Waals surface area contributed by atoms with Gasteiger partial charge in [-0.2, -0.15) is 0 Å². The lowest BCUT2D eigenvalue weighted by atomic mass is 10.1. The van der Waals surface area contributed by atoms with E-state index in [1.54, 1.807) is 5.20 Å². The Labute approximate surface area is 198 Å². The maximum Gasteiger partial charge on any atom is 0.160 e. The average molecular weight is 441 g/mol. The average Bonchev–Trinajstić information content (AvgIpc) is 3.38. The monoisotopic (exact) mass is 440 g/mol. The quantitative estimate of drug-likeness (QED) is 0.315. The second kappa shape index (κ2) is 7.86. The van der Waals surface area contributed by atoms with Gasteiger partial charge in [0.2, 0.25) is 0 Å². The minimum Gasteiger partial charge on any atom is -0.0682 e. The van der Waals surface area contributed by atoms with Gasteiger partial charge in [0.15, 0.2) is 8.07 Å². The lowest BCUT2D eigenvalue weighted by Crippen LogP contribution is -2.64. The van der Waals surface area contributed by atoms with E-state index in [9.17, 15) is 0 Å². The molecule has 33 heavy (non-hydrogen) atoms. The molecule has 2 aliphatic rings. The predicted octanol–water partition coefficient (Wildman–Crippen LogP) is 6.56. The third-order valence-electron chi connectivity index (χ3n) is 7.60. The van der Waals surface area contributed by atoms with Crippen LogP contribution in [-0.2, 0) is 6.42 Å². The van der Waals surface area contributed by atoms with Crippen molar-refractivity contribution in [3.8, 4) is 0 Å². The number of rotatable bonds is 4. The first-order valence-corrected chi connectivity index (χ1v) is 14.0. The predicted molar refractivity (Wildman–Crippen MR) is 143 cm³/mol. The van der Waals surface area contributed by atoms with Crippen molar-refractivity contribution in [2.24, 2.45) is 0 Å². The van der Waals surface area contributed by atoms with Crippen molar-refractivity contribution in [3.63, 3.8) is 0 Å². The van der Waals surface area contributed by atoms with E-state index in [0.717, 1.165) is 6.42 Å². The maximum atomic E-state index is 2.43. The molecule has 1 unspecified atom stereocenters. The van der Waals surface area contributed by atoms with Gasteiger partial charge in [-0.25, -0.2) is 0 Å². The van der Waals surface area contributed by atoms with Crippen LogP contribution < -0.4 is 10.4 Å². The highest BCUT2D eigenvalue weighted by Gasteiger charge is 2.53. The molecule has 0 aliphatic heterocycles. The standard InChI is InChI=1S/C32H28Si/c1-23-21-25-13-9-11-19-29(25)31(23)33(27-15-5-3-6-16-27,28-17-7-4-8-18-28)32-24(2)22-26-14-10-12-20-30(26)32/h3-21,31H,22H2,1-2H3. The van der Waals surface area contributed by atoms with Gasteiger partial charge in [0, 0.05) is 5.54 Å². The van der Waals surface area contributed by atoms with E-state index in [1.165, 1.54) is 43.8 Å². The molecule has 0 spiro atoms. The summed E-state index contributed by atoms with van der Waals surface area (Å²) in [5.74, 6) is 0. The molecule has 0 bridgehead atoms. The van der Waals surface area contributed by atoms with Crippen molar-refractivity contribution in [2.45, 2.75) is 25.8 Å². The minimum atomic E-state index is -2.50. The van der Waals surface area contributed by atoms with Gasteiger partial charge in [-0.05, 0) is 58.1 Å². The highest BCUT2D eigenvalue weighted by Crippen LogP contribution is 2.50. The summed E-state index contributed by atoms with van der Waals surface area (Å²) in [4.78, 5) is 0. The van der Waals surface area contributed by atoms with Gasteiger partial charge in [-0.15, -0.1) is 0 Å². The number of benzene rings is 4. The van der Waals surface area contributed by atoms with Crippen LogP contribution in [0.1, 0.15) is 41.6 Å². The Balaban J connectivity index is 1.78. The van der Waals surface area contributed by atoms with E-state index in [1.807, 2.05) is 0 Å². The highest BCUT2D eigenvalue weighted by molar-refractivity contribution is 7.16. The Hall–Kier alpha value is -3.42. The SMILES string of the molecule is CC1=Cc2ccccc2C1[Si](C1=C(C)Cc2ccccc21)(c1ccccc1)c1ccccc1. The van der Waals surface area contributed by atoms with Crippen LogP contribution in [0.25, 0.3) is 11.3 Å². The van der Waals surface area contributed by atoms with Crippen LogP contribution in [0.5, 0.6) is 0 Å². The van der Waals surface area contributed by atoms with E-state index >= 15 is 0 Å². The first kappa shape index (κ1) is 20.2. The summed E-state index contributed by atoms with van der Waals surface area (Å²) >= 11 is 0. The molecular weight excluding hydrogens is 412 g/mol. The first-order valence-electron chi connectivity index (χ1n) is 11.9. The maximum absolute atomic E-state index is 2.50. The van der Waals surface area contributed by atoms with Gasteiger partial charge in [-0.3, -0.25) is 0 Å².